The molecule has 0 amide bonds. The highest BCUT2D eigenvalue weighted by Gasteiger charge is 2.10. The highest BCUT2D eigenvalue weighted by atomic mass is 35.5. The van der Waals surface area contributed by atoms with Crippen molar-refractivity contribution in [3.63, 3.8) is 0 Å². The first-order chi connectivity index (χ1) is 15.1. The van der Waals surface area contributed by atoms with Crippen LogP contribution in [0.2, 0.25) is 10.0 Å². The Labute approximate surface area is 192 Å². The van der Waals surface area contributed by atoms with Crippen molar-refractivity contribution in [2.24, 2.45) is 5.73 Å². The van der Waals surface area contributed by atoms with Crippen molar-refractivity contribution in [2.75, 3.05) is 11.9 Å². The van der Waals surface area contributed by atoms with Gasteiger partial charge in [0.1, 0.15) is 0 Å². The van der Waals surface area contributed by atoms with Crippen LogP contribution in [0.15, 0.2) is 60.9 Å². The predicted molar refractivity (Wildman–Crippen MR) is 132 cm³/mol. The van der Waals surface area contributed by atoms with Gasteiger partial charge in [0.25, 0.3) is 0 Å². The fraction of sp³-hybridized carbons (Fsp3) is 0.280. The Morgan fingerprint density at radius 2 is 1.42 bits per heavy atom. The quantitative estimate of drug-likeness (QED) is 0.264. The summed E-state index contributed by atoms with van der Waals surface area (Å²) >= 11 is 12.1. The van der Waals surface area contributed by atoms with Gasteiger partial charge in [-0.05, 0) is 60.9 Å². The van der Waals surface area contributed by atoms with E-state index in [4.69, 9.17) is 28.9 Å². The third-order valence-corrected chi connectivity index (χ3v) is 6.07. The lowest BCUT2D eigenvalue weighted by molar-refractivity contribution is 0.564. The average Bonchev–Trinajstić information content (AvgIpc) is 2.77. The van der Waals surface area contributed by atoms with Gasteiger partial charge in [0.2, 0.25) is 0 Å². The molecule has 0 saturated carbocycles. The Morgan fingerprint density at radius 3 is 2.19 bits per heavy atom. The molecule has 31 heavy (non-hydrogen) atoms. The standard InChI is InChI=1S/C25H26Cl2N4/c26-17-6-8-20-19(10-13-30-24(20)15-17)22(28)5-3-1-2-4-12-29-23-11-14-31-25-16-18(27)7-9-21(23)25/h6-11,13-16,22H,1-5,12,28H2,(H,29,31). The van der Waals surface area contributed by atoms with E-state index in [9.17, 15) is 0 Å². The lowest BCUT2D eigenvalue weighted by Crippen LogP contribution is -2.11. The van der Waals surface area contributed by atoms with Crippen LogP contribution >= 0.6 is 23.2 Å². The van der Waals surface area contributed by atoms with Crippen LogP contribution in [0.1, 0.15) is 43.7 Å². The molecule has 160 valence electrons. The summed E-state index contributed by atoms with van der Waals surface area (Å²) in [4.78, 5) is 8.80. The minimum absolute atomic E-state index is 0.0137. The number of hydrogen-bond donors (Lipinski definition) is 2. The molecule has 0 saturated heterocycles. The first-order valence-corrected chi connectivity index (χ1v) is 11.5. The molecule has 0 aliphatic heterocycles. The number of anilines is 1. The monoisotopic (exact) mass is 452 g/mol. The maximum Gasteiger partial charge on any atom is 0.0737 e. The van der Waals surface area contributed by atoms with E-state index in [0.717, 1.165) is 65.3 Å². The lowest BCUT2D eigenvalue weighted by Gasteiger charge is -2.14. The van der Waals surface area contributed by atoms with Crippen molar-refractivity contribution in [2.45, 2.75) is 38.1 Å². The zero-order valence-corrected chi connectivity index (χ0v) is 18.8. The molecule has 4 aromatic rings. The number of unbranched alkanes of at least 4 members (excludes halogenated alkanes) is 3. The molecule has 6 heteroatoms. The van der Waals surface area contributed by atoms with Crippen molar-refractivity contribution in [1.82, 2.24) is 9.97 Å². The van der Waals surface area contributed by atoms with Crippen LogP contribution in [-0.2, 0) is 0 Å². The van der Waals surface area contributed by atoms with Gasteiger partial charge in [0.05, 0.1) is 11.0 Å². The second-order valence-corrected chi connectivity index (χ2v) is 8.69. The Kier molecular flexibility index (Phi) is 7.23. The number of halogens is 2. The van der Waals surface area contributed by atoms with E-state index >= 15 is 0 Å². The lowest BCUT2D eigenvalue weighted by atomic mass is 9.98. The van der Waals surface area contributed by atoms with Gasteiger partial charge in [-0.3, -0.25) is 9.97 Å². The summed E-state index contributed by atoms with van der Waals surface area (Å²) in [5.74, 6) is 0. The SMILES string of the molecule is NC(CCCCCCNc1ccnc2cc(Cl)ccc12)c1ccnc2cc(Cl)ccc12. The van der Waals surface area contributed by atoms with Crippen LogP contribution in [0.25, 0.3) is 21.8 Å². The summed E-state index contributed by atoms with van der Waals surface area (Å²) in [6.45, 7) is 0.934. The van der Waals surface area contributed by atoms with Crippen molar-refractivity contribution in [1.29, 1.82) is 0 Å². The van der Waals surface area contributed by atoms with E-state index in [-0.39, 0.29) is 6.04 Å². The number of rotatable bonds is 9. The predicted octanol–water partition coefficient (Wildman–Crippen LogP) is 7.15. The van der Waals surface area contributed by atoms with Gasteiger partial charge in [-0.2, -0.15) is 0 Å². The number of pyridine rings is 2. The molecule has 0 aliphatic carbocycles. The zero-order valence-electron chi connectivity index (χ0n) is 17.3. The second kappa shape index (κ2) is 10.3. The van der Waals surface area contributed by atoms with Crippen LogP contribution in [0.5, 0.6) is 0 Å². The summed E-state index contributed by atoms with van der Waals surface area (Å²) in [5.41, 5.74) is 10.6. The summed E-state index contributed by atoms with van der Waals surface area (Å²) in [6.07, 6.45) is 9.15. The van der Waals surface area contributed by atoms with Crippen molar-refractivity contribution < 1.29 is 0 Å². The Morgan fingerprint density at radius 1 is 0.774 bits per heavy atom. The molecule has 2 aromatic carbocycles. The van der Waals surface area contributed by atoms with E-state index in [2.05, 4.69) is 15.3 Å². The smallest absolute Gasteiger partial charge is 0.0737 e. The Hall–Kier alpha value is -2.40. The van der Waals surface area contributed by atoms with Crippen LogP contribution in [0.3, 0.4) is 0 Å². The minimum Gasteiger partial charge on any atom is -0.384 e. The van der Waals surface area contributed by atoms with Crippen LogP contribution in [0, 0.1) is 0 Å². The summed E-state index contributed by atoms with van der Waals surface area (Å²) in [5, 5.41) is 7.13. The number of benzene rings is 2. The minimum atomic E-state index is 0.0137. The highest BCUT2D eigenvalue weighted by Crippen LogP contribution is 2.27. The summed E-state index contributed by atoms with van der Waals surface area (Å²) in [6, 6.07) is 15.7. The molecule has 4 nitrogen and oxygen atoms in total. The third-order valence-electron chi connectivity index (χ3n) is 5.60. The molecule has 4 rings (SSSR count). The maximum atomic E-state index is 6.49. The fourth-order valence-corrected chi connectivity index (χ4v) is 4.30. The average molecular weight is 453 g/mol. The number of aromatic nitrogens is 2. The zero-order chi connectivity index (χ0) is 21.6. The van der Waals surface area contributed by atoms with Gasteiger partial charge < -0.3 is 11.1 Å². The van der Waals surface area contributed by atoms with Gasteiger partial charge in [-0.15, -0.1) is 0 Å². The molecule has 1 unspecified atom stereocenters. The molecule has 0 spiro atoms. The molecule has 1 atom stereocenters. The van der Waals surface area contributed by atoms with Crippen molar-refractivity contribution in [3.8, 4) is 0 Å². The van der Waals surface area contributed by atoms with Crippen LogP contribution < -0.4 is 11.1 Å². The molecule has 0 aliphatic rings. The molecular formula is C25H26Cl2N4. The number of fused-ring (bicyclic) bond motifs is 2. The van der Waals surface area contributed by atoms with E-state index in [0.29, 0.717) is 10.0 Å². The Bertz CT molecular complexity index is 1180. The van der Waals surface area contributed by atoms with Gasteiger partial charge in [-0.25, -0.2) is 0 Å². The first kappa shape index (κ1) is 21.8. The first-order valence-electron chi connectivity index (χ1n) is 10.7. The molecule has 0 bridgehead atoms. The van der Waals surface area contributed by atoms with E-state index in [1.54, 1.807) is 0 Å². The van der Waals surface area contributed by atoms with Crippen molar-refractivity contribution >= 4 is 50.7 Å². The number of nitrogens with zero attached hydrogens (tertiary/aromatic N) is 2. The Balaban J connectivity index is 1.22. The van der Waals surface area contributed by atoms with Crippen molar-refractivity contribution in [3.05, 3.63) is 76.5 Å². The number of nitrogens with two attached hydrogens (primary N) is 1. The summed E-state index contributed by atoms with van der Waals surface area (Å²) < 4.78 is 0. The normalized spacial score (nSPS) is 12.4. The van der Waals surface area contributed by atoms with Gasteiger partial charge in [0.15, 0.2) is 0 Å². The second-order valence-electron chi connectivity index (χ2n) is 7.82. The van der Waals surface area contributed by atoms with E-state index < -0.39 is 0 Å². The van der Waals surface area contributed by atoms with E-state index in [1.807, 2.05) is 60.9 Å². The van der Waals surface area contributed by atoms with Gasteiger partial charge in [-0.1, -0.05) is 48.5 Å². The fourth-order valence-electron chi connectivity index (χ4n) is 3.96. The topological polar surface area (TPSA) is 63.8 Å². The molecule has 0 fully saturated rings. The molecular weight excluding hydrogens is 427 g/mol. The molecule has 2 aromatic heterocycles. The molecule has 2 heterocycles. The molecule has 3 N–H and O–H groups in total. The third kappa shape index (κ3) is 5.45. The number of nitrogens with one attached hydrogen (secondary N) is 1. The molecule has 0 radical (unpaired) electrons. The highest BCUT2D eigenvalue weighted by molar-refractivity contribution is 6.31. The summed E-state index contributed by atoms with van der Waals surface area (Å²) in [7, 11) is 0. The largest absolute Gasteiger partial charge is 0.384 e. The number of hydrogen-bond acceptors (Lipinski definition) is 4. The van der Waals surface area contributed by atoms with Gasteiger partial charge >= 0.3 is 0 Å². The van der Waals surface area contributed by atoms with Gasteiger partial charge in [0, 0.05) is 51.5 Å². The maximum absolute atomic E-state index is 6.49. The van der Waals surface area contributed by atoms with Crippen LogP contribution in [-0.4, -0.2) is 16.5 Å². The van der Waals surface area contributed by atoms with E-state index in [1.165, 1.54) is 6.42 Å². The van der Waals surface area contributed by atoms with Crippen LogP contribution in [0.4, 0.5) is 5.69 Å².